The predicted molar refractivity (Wildman–Crippen MR) is 56.0 cm³/mol. The fourth-order valence-electron chi connectivity index (χ4n) is 2.24. The Morgan fingerprint density at radius 3 is 2.60 bits per heavy atom. The number of nitrogens with two attached hydrogens (primary N) is 1. The lowest BCUT2D eigenvalue weighted by atomic mass is 10.0. The third-order valence-corrected chi connectivity index (χ3v) is 2.98. The van der Waals surface area contributed by atoms with Crippen LogP contribution < -0.4 is 11.4 Å². The topological polar surface area (TPSA) is 91.7 Å². The van der Waals surface area contributed by atoms with Crippen LogP contribution in [0.25, 0.3) is 0 Å². The molecule has 0 spiro atoms. The minimum absolute atomic E-state index is 0.0620. The standard InChI is InChI=1S/C10H15N3O2/c11-5-7(14)9-8(12-10(15)13-9)6-3-1-2-4-6/h6H,1-5,11H2,(H2,12,13,15). The van der Waals surface area contributed by atoms with Gasteiger partial charge in [0.2, 0.25) is 0 Å². The predicted octanol–water partition coefficient (Wildman–Crippen LogP) is 0.502. The van der Waals surface area contributed by atoms with E-state index in [4.69, 9.17) is 5.73 Å². The van der Waals surface area contributed by atoms with Gasteiger partial charge in [-0.2, -0.15) is 0 Å². The fraction of sp³-hybridized carbons (Fsp3) is 0.600. The Kier molecular flexibility index (Phi) is 2.73. The molecule has 1 fully saturated rings. The maximum absolute atomic E-state index is 11.5. The molecule has 4 N–H and O–H groups in total. The molecule has 1 aromatic rings. The molecule has 82 valence electrons. The van der Waals surface area contributed by atoms with Gasteiger partial charge < -0.3 is 15.7 Å². The maximum Gasteiger partial charge on any atom is 0.323 e. The molecule has 1 aliphatic rings. The summed E-state index contributed by atoms with van der Waals surface area (Å²) in [5.74, 6) is 0.115. The second-order valence-electron chi connectivity index (χ2n) is 3.98. The molecular formula is C10H15N3O2. The van der Waals surface area contributed by atoms with E-state index in [1.54, 1.807) is 0 Å². The zero-order valence-electron chi connectivity index (χ0n) is 8.51. The lowest BCUT2D eigenvalue weighted by Gasteiger charge is -2.07. The first-order valence-corrected chi connectivity index (χ1v) is 5.28. The second-order valence-corrected chi connectivity index (χ2v) is 3.98. The average Bonchev–Trinajstić information content (AvgIpc) is 2.84. The van der Waals surface area contributed by atoms with Gasteiger partial charge in [-0.15, -0.1) is 0 Å². The molecule has 0 atom stereocenters. The van der Waals surface area contributed by atoms with E-state index in [1.165, 1.54) is 0 Å². The highest BCUT2D eigenvalue weighted by molar-refractivity contribution is 5.96. The normalized spacial score (nSPS) is 17.1. The van der Waals surface area contributed by atoms with Crippen molar-refractivity contribution in [3.8, 4) is 0 Å². The van der Waals surface area contributed by atoms with E-state index in [1.807, 2.05) is 0 Å². The smallest absolute Gasteiger partial charge is 0.323 e. The van der Waals surface area contributed by atoms with Crippen LogP contribution in [0, 0.1) is 0 Å². The van der Waals surface area contributed by atoms with Crippen LogP contribution in [-0.4, -0.2) is 22.3 Å². The van der Waals surface area contributed by atoms with Gasteiger partial charge in [-0.05, 0) is 12.8 Å². The Labute approximate surface area is 87.1 Å². The Morgan fingerprint density at radius 1 is 1.33 bits per heavy atom. The average molecular weight is 209 g/mol. The van der Waals surface area contributed by atoms with Gasteiger partial charge in [-0.1, -0.05) is 12.8 Å². The quantitative estimate of drug-likeness (QED) is 0.633. The first-order valence-electron chi connectivity index (χ1n) is 5.28. The SMILES string of the molecule is NCC(=O)c1[nH]c(=O)[nH]c1C1CCCC1. The third-order valence-electron chi connectivity index (χ3n) is 2.98. The molecule has 0 aromatic carbocycles. The van der Waals surface area contributed by atoms with Gasteiger partial charge in [-0.25, -0.2) is 4.79 Å². The van der Waals surface area contributed by atoms with Crippen molar-refractivity contribution in [3.05, 3.63) is 21.9 Å². The lowest BCUT2D eigenvalue weighted by Crippen LogP contribution is -2.17. The highest BCUT2D eigenvalue weighted by atomic mass is 16.1. The molecule has 2 rings (SSSR count). The van der Waals surface area contributed by atoms with Crippen LogP contribution in [0.3, 0.4) is 0 Å². The summed E-state index contributed by atoms with van der Waals surface area (Å²) < 4.78 is 0. The molecule has 0 saturated heterocycles. The number of Topliss-reactive ketones (excluding diaryl/α,β-unsaturated/α-hetero) is 1. The van der Waals surface area contributed by atoms with Gasteiger partial charge in [0.1, 0.15) is 5.69 Å². The molecule has 1 aromatic heterocycles. The minimum Gasteiger partial charge on any atom is -0.324 e. The Hall–Kier alpha value is -1.36. The van der Waals surface area contributed by atoms with Crippen LogP contribution in [0.5, 0.6) is 0 Å². The van der Waals surface area contributed by atoms with E-state index in [0.717, 1.165) is 31.4 Å². The third kappa shape index (κ3) is 1.87. The van der Waals surface area contributed by atoms with E-state index in [9.17, 15) is 9.59 Å². The van der Waals surface area contributed by atoms with Gasteiger partial charge >= 0.3 is 5.69 Å². The molecule has 5 heteroatoms. The number of nitrogens with one attached hydrogen (secondary N) is 2. The van der Waals surface area contributed by atoms with Crippen molar-refractivity contribution >= 4 is 5.78 Å². The van der Waals surface area contributed by atoms with Gasteiger partial charge in [0.05, 0.1) is 6.54 Å². The van der Waals surface area contributed by atoms with E-state index in [-0.39, 0.29) is 18.0 Å². The summed E-state index contributed by atoms with van der Waals surface area (Å²) in [6.45, 7) is -0.0620. The summed E-state index contributed by atoms with van der Waals surface area (Å²) in [6.07, 6.45) is 4.40. The summed E-state index contributed by atoms with van der Waals surface area (Å²) in [7, 11) is 0. The number of aromatic amines is 2. The lowest BCUT2D eigenvalue weighted by molar-refractivity contribution is 0.0995. The van der Waals surface area contributed by atoms with Crippen LogP contribution >= 0.6 is 0 Å². The zero-order chi connectivity index (χ0) is 10.8. The molecule has 1 aliphatic carbocycles. The van der Waals surface area contributed by atoms with Crippen LogP contribution in [-0.2, 0) is 0 Å². The number of imidazole rings is 1. The van der Waals surface area contributed by atoms with Crippen molar-refractivity contribution in [2.45, 2.75) is 31.6 Å². The molecule has 1 heterocycles. The number of rotatable bonds is 3. The number of aromatic nitrogens is 2. The number of carbonyl (C=O) groups excluding carboxylic acids is 1. The van der Waals surface area contributed by atoms with Crippen molar-refractivity contribution < 1.29 is 4.79 Å². The van der Waals surface area contributed by atoms with Crippen molar-refractivity contribution in [1.29, 1.82) is 0 Å². The van der Waals surface area contributed by atoms with E-state index >= 15 is 0 Å². The Balaban J connectivity index is 2.36. The first-order chi connectivity index (χ1) is 7.22. The van der Waals surface area contributed by atoms with Crippen molar-refractivity contribution in [3.63, 3.8) is 0 Å². The van der Waals surface area contributed by atoms with Crippen molar-refractivity contribution in [1.82, 2.24) is 9.97 Å². The molecule has 1 saturated carbocycles. The highest BCUT2D eigenvalue weighted by Gasteiger charge is 2.24. The van der Waals surface area contributed by atoms with Crippen LogP contribution in [0.2, 0.25) is 0 Å². The summed E-state index contributed by atoms with van der Waals surface area (Å²) in [5.41, 5.74) is 6.13. The molecule has 15 heavy (non-hydrogen) atoms. The van der Waals surface area contributed by atoms with E-state index in [2.05, 4.69) is 9.97 Å². The maximum atomic E-state index is 11.5. The Morgan fingerprint density at radius 2 is 2.00 bits per heavy atom. The van der Waals surface area contributed by atoms with Gasteiger partial charge in [0, 0.05) is 11.6 Å². The monoisotopic (exact) mass is 209 g/mol. The second kappa shape index (κ2) is 4.02. The first kappa shape index (κ1) is 10.2. The largest absolute Gasteiger partial charge is 0.324 e. The number of H-pyrrole nitrogens is 2. The van der Waals surface area contributed by atoms with Crippen LogP contribution in [0.4, 0.5) is 0 Å². The van der Waals surface area contributed by atoms with Gasteiger partial charge in [0.15, 0.2) is 5.78 Å². The summed E-state index contributed by atoms with van der Waals surface area (Å²) in [4.78, 5) is 27.9. The molecular weight excluding hydrogens is 194 g/mol. The molecule has 0 unspecified atom stereocenters. The number of hydrogen-bond acceptors (Lipinski definition) is 3. The fourth-order valence-corrected chi connectivity index (χ4v) is 2.24. The Bertz CT molecular complexity index is 413. The molecule has 0 bridgehead atoms. The number of ketones is 1. The van der Waals surface area contributed by atoms with Crippen molar-refractivity contribution in [2.24, 2.45) is 5.73 Å². The van der Waals surface area contributed by atoms with Crippen LogP contribution in [0.15, 0.2) is 4.79 Å². The molecule has 5 nitrogen and oxygen atoms in total. The minimum atomic E-state index is -0.311. The van der Waals surface area contributed by atoms with Crippen LogP contribution in [0.1, 0.15) is 47.8 Å². The summed E-state index contributed by atoms with van der Waals surface area (Å²) in [5, 5.41) is 0. The van der Waals surface area contributed by atoms with E-state index in [0.29, 0.717) is 11.6 Å². The molecule has 0 radical (unpaired) electrons. The van der Waals surface area contributed by atoms with Gasteiger partial charge in [0.25, 0.3) is 0 Å². The molecule has 0 amide bonds. The highest BCUT2D eigenvalue weighted by Crippen LogP contribution is 2.33. The van der Waals surface area contributed by atoms with Crippen molar-refractivity contribution in [2.75, 3.05) is 6.54 Å². The number of carbonyl (C=O) groups is 1. The summed E-state index contributed by atoms with van der Waals surface area (Å²) in [6, 6.07) is 0. The molecule has 0 aliphatic heterocycles. The summed E-state index contributed by atoms with van der Waals surface area (Å²) >= 11 is 0. The van der Waals surface area contributed by atoms with Gasteiger partial charge in [-0.3, -0.25) is 4.79 Å². The zero-order valence-corrected chi connectivity index (χ0v) is 8.51. The number of hydrogen-bond donors (Lipinski definition) is 3. The van der Waals surface area contributed by atoms with E-state index < -0.39 is 0 Å².